The van der Waals surface area contributed by atoms with Gasteiger partial charge in [-0.2, -0.15) is 0 Å². The fraction of sp³-hybridized carbons (Fsp3) is 0.375. The van der Waals surface area contributed by atoms with Gasteiger partial charge < -0.3 is 5.11 Å². The highest BCUT2D eigenvalue weighted by Gasteiger charge is 2.43. The monoisotopic (exact) mass is 553 g/mol. The lowest BCUT2D eigenvalue weighted by atomic mass is 9.65. The molecule has 1 unspecified atom stereocenters. The van der Waals surface area contributed by atoms with Gasteiger partial charge in [-0.3, -0.25) is 4.99 Å². The van der Waals surface area contributed by atoms with Gasteiger partial charge in [0.2, 0.25) is 0 Å². The van der Waals surface area contributed by atoms with Crippen molar-refractivity contribution in [3.8, 4) is 28.7 Å². The van der Waals surface area contributed by atoms with Gasteiger partial charge in [0.25, 0.3) is 0 Å². The topological polar surface area (TPSA) is 32.6 Å². The molecule has 0 aliphatic heterocycles. The van der Waals surface area contributed by atoms with Crippen molar-refractivity contribution in [1.29, 1.82) is 0 Å². The van der Waals surface area contributed by atoms with E-state index < -0.39 is 0 Å². The number of fused-ring (bicyclic) bond motifs is 3. The fourth-order valence-electron chi connectivity index (χ4n) is 7.30. The lowest BCUT2D eigenvalue weighted by molar-refractivity contribution is 0.335. The predicted molar refractivity (Wildman–Crippen MR) is 176 cm³/mol. The molecule has 0 amide bonds. The largest absolute Gasteiger partial charge is 0.507 e. The van der Waals surface area contributed by atoms with Crippen LogP contribution in [0.25, 0.3) is 11.1 Å². The lowest BCUT2D eigenvalue weighted by Crippen LogP contribution is -2.27. The first-order valence-corrected chi connectivity index (χ1v) is 15.7. The molecule has 2 heteroatoms. The number of aromatic hydroxyl groups is 1. The molecule has 3 aromatic carbocycles. The molecule has 2 nitrogen and oxygen atoms in total. The van der Waals surface area contributed by atoms with E-state index in [9.17, 15) is 5.11 Å². The summed E-state index contributed by atoms with van der Waals surface area (Å²) in [4.78, 5) is 4.83. The molecule has 6 rings (SSSR count). The Bertz CT molecular complexity index is 1580. The standard InChI is InChI=1S/C40H43NO/c1-39(2,3)36-26-28(25-29(38(36)42)27-41-31-18-7-8-19-31)15-13-14-24-40(4,30-16-5-6-17-30)37-34-22-11-9-20-32(34)33-21-10-12-23-35(33)37/h5,9-12,16-17,20-23,25-27,31,37,42H,6-8,14,18-19,24H2,1-4H3/b41-27+. The zero-order valence-corrected chi connectivity index (χ0v) is 25.6. The third-order valence-corrected chi connectivity index (χ3v) is 9.60. The first kappa shape index (κ1) is 28.3. The Morgan fingerprint density at radius 2 is 1.60 bits per heavy atom. The van der Waals surface area contributed by atoms with Gasteiger partial charge in [-0.05, 0) is 71.1 Å². The molecular weight excluding hydrogens is 510 g/mol. The van der Waals surface area contributed by atoms with E-state index >= 15 is 0 Å². The van der Waals surface area contributed by atoms with Crippen LogP contribution in [0.3, 0.4) is 0 Å². The highest BCUT2D eigenvalue weighted by molar-refractivity contribution is 5.85. The second kappa shape index (κ2) is 11.4. The van der Waals surface area contributed by atoms with Gasteiger partial charge in [-0.1, -0.05) is 119 Å². The van der Waals surface area contributed by atoms with E-state index in [-0.39, 0.29) is 10.8 Å². The molecule has 42 heavy (non-hydrogen) atoms. The summed E-state index contributed by atoms with van der Waals surface area (Å²) >= 11 is 0. The Morgan fingerprint density at radius 1 is 0.929 bits per heavy atom. The third-order valence-electron chi connectivity index (χ3n) is 9.60. The minimum atomic E-state index is -0.194. The number of hydrogen-bond acceptors (Lipinski definition) is 2. The second-order valence-electron chi connectivity index (χ2n) is 13.6. The molecule has 1 atom stereocenters. The van der Waals surface area contributed by atoms with Gasteiger partial charge in [-0.15, -0.1) is 0 Å². The third kappa shape index (κ3) is 5.38. The zero-order valence-electron chi connectivity index (χ0n) is 25.6. The summed E-state index contributed by atoms with van der Waals surface area (Å²) in [5.41, 5.74) is 9.39. The molecule has 3 aromatic rings. The summed E-state index contributed by atoms with van der Waals surface area (Å²) < 4.78 is 0. The predicted octanol–water partition coefficient (Wildman–Crippen LogP) is 9.89. The second-order valence-corrected chi connectivity index (χ2v) is 13.6. The van der Waals surface area contributed by atoms with Crippen LogP contribution in [-0.2, 0) is 5.41 Å². The molecule has 3 aliphatic rings. The summed E-state index contributed by atoms with van der Waals surface area (Å²) in [6, 6.07) is 22.3. The van der Waals surface area contributed by atoms with Gasteiger partial charge >= 0.3 is 0 Å². The van der Waals surface area contributed by atoms with E-state index in [4.69, 9.17) is 4.99 Å². The van der Waals surface area contributed by atoms with Crippen molar-refractivity contribution in [3.05, 3.63) is 112 Å². The van der Waals surface area contributed by atoms with Crippen LogP contribution < -0.4 is 0 Å². The normalized spacial score (nSPS) is 18.0. The molecule has 1 fully saturated rings. The molecule has 214 valence electrons. The van der Waals surface area contributed by atoms with Crippen molar-refractivity contribution in [1.82, 2.24) is 0 Å². The maximum absolute atomic E-state index is 11.2. The molecule has 0 aromatic heterocycles. The van der Waals surface area contributed by atoms with Gasteiger partial charge in [0.05, 0.1) is 0 Å². The van der Waals surface area contributed by atoms with Crippen molar-refractivity contribution in [2.45, 2.75) is 90.0 Å². The van der Waals surface area contributed by atoms with Gasteiger partial charge in [-0.25, -0.2) is 0 Å². The average molecular weight is 554 g/mol. The first-order valence-electron chi connectivity index (χ1n) is 15.7. The molecule has 0 bridgehead atoms. The number of aliphatic imine (C=N–C) groups is 1. The molecule has 0 saturated heterocycles. The summed E-state index contributed by atoms with van der Waals surface area (Å²) in [5.74, 6) is 7.66. The number of phenols is 1. The summed E-state index contributed by atoms with van der Waals surface area (Å²) in [5, 5.41) is 11.2. The smallest absolute Gasteiger partial charge is 0.128 e. The minimum Gasteiger partial charge on any atom is -0.507 e. The van der Waals surface area contributed by atoms with E-state index in [1.54, 1.807) is 0 Å². The van der Waals surface area contributed by atoms with Crippen LogP contribution in [-0.4, -0.2) is 17.4 Å². The number of benzene rings is 3. The van der Waals surface area contributed by atoms with Gasteiger partial charge in [0, 0.05) is 46.7 Å². The SMILES string of the molecule is CC(C)(C)c1cc(C#CCCC(C)(C2=CCC=C2)C2c3ccccc3-c3ccccc32)cc(/C=N/C2CCCC2)c1O. The van der Waals surface area contributed by atoms with Crippen molar-refractivity contribution < 1.29 is 5.11 Å². The van der Waals surface area contributed by atoms with Gasteiger partial charge in [0.15, 0.2) is 0 Å². The Kier molecular flexibility index (Phi) is 7.71. The molecule has 1 N–H and O–H groups in total. The van der Waals surface area contributed by atoms with E-state index in [0.717, 1.165) is 48.8 Å². The number of rotatable bonds is 6. The van der Waals surface area contributed by atoms with Crippen molar-refractivity contribution in [3.63, 3.8) is 0 Å². The molecule has 0 heterocycles. The number of phenolic OH excluding ortho intramolecular Hbond substituents is 1. The van der Waals surface area contributed by atoms with E-state index in [1.165, 1.54) is 40.7 Å². The maximum atomic E-state index is 11.2. The van der Waals surface area contributed by atoms with E-state index in [1.807, 2.05) is 12.3 Å². The van der Waals surface area contributed by atoms with Crippen LogP contribution >= 0.6 is 0 Å². The summed E-state index contributed by atoms with van der Waals surface area (Å²) in [6.07, 6.45) is 16.4. The molecule has 1 saturated carbocycles. The van der Waals surface area contributed by atoms with Crippen molar-refractivity contribution in [2.75, 3.05) is 0 Å². The summed E-state index contributed by atoms with van der Waals surface area (Å²) in [6.45, 7) is 8.86. The van der Waals surface area contributed by atoms with Crippen LogP contribution in [0, 0.1) is 17.3 Å². The van der Waals surface area contributed by atoms with E-state index in [0.29, 0.717) is 17.7 Å². The Morgan fingerprint density at radius 3 is 2.21 bits per heavy atom. The van der Waals surface area contributed by atoms with Gasteiger partial charge in [0.1, 0.15) is 5.75 Å². The number of allylic oxidation sites excluding steroid dienone is 4. The lowest BCUT2D eigenvalue weighted by Gasteiger charge is -2.38. The van der Waals surface area contributed by atoms with Crippen LogP contribution in [0.15, 0.2) is 89.5 Å². The van der Waals surface area contributed by atoms with Crippen LogP contribution in [0.5, 0.6) is 5.75 Å². The average Bonchev–Trinajstić information content (AvgIpc) is 3.76. The fourth-order valence-corrected chi connectivity index (χ4v) is 7.30. The Balaban J connectivity index is 1.31. The molecule has 0 spiro atoms. The highest BCUT2D eigenvalue weighted by atomic mass is 16.3. The Labute approximate surface area is 252 Å². The van der Waals surface area contributed by atoms with E-state index in [2.05, 4.69) is 112 Å². The highest BCUT2D eigenvalue weighted by Crippen LogP contribution is 2.57. The minimum absolute atomic E-state index is 0.0744. The number of hydrogen-bond donors (Lipinski definition) is 1. The van der Waals surface area contributed by atoms with Crippen molar-refractivity contribution >= 4 is 6.21 Å². The van der Waals surface area contributed by atoms with Crippen LogP contribution in [0.4, 0.5) is 0 Å². The zero-order chi connectivity index (χ0) is 29.3. The van der Waals surface area contributed by atoms with Crippen molar-refractivity contribution in [2.24, 2.45) is 10.4 Å². The quantitative estimate of drug-likeness (QED) is 0.239. The molecular formula is C40H43NO. The van der Waals surface area contributed by atoms with Crippen LogP contribution in [0.1, 0.15) is 106 Å². The summed E-state index contributed by atoms with van der Waals surface area (Å²) in [7, 11) is 0. The molecule has 0 radical (unpaired) electrons. The Hall–Kier alpha value is -3.83. The van der Waals surface area contributed by atoms with Crippen LogP contribution in [0.2, 0.25) is 0 Å². The maximum Gasteiger partial charge on any atom is 0.128 e. The number of nitrogens with zero attached hydrogens (tertiary/aromatic N) is 1. The first-order chi connectivity index (χ1) is 20.3. The molecule has 3 aliphatic carbocycles.